The van der Waals surface area contributed by atoms with Crippen molar-refractivity contribution < 1.29 is 5.11 Å². The van der Waals surface area contributed by atoms with Crippen molar-refractivity contribution in [2.24, 2.45) is 0 Å². The number of fused-ring (bicyclic) bond motifs is 1. The second-order valence-electron chi connectivity index (χ2n) is 5.84. The predicted molar refractivity (Wildman–Crippen MR) is 70.7 cm³/mol. The van der Waals surface area contributed by atoms with E-state index >= 15 is 0 Å². The van der Waals surface area contributed by atoms with Crippen molar-refractivity contribution in [3.63, 3.8) is 0 Å². The van der Waals surface area contributed by atoms with Gasteiger partial charge in [0.1, 0.15) is 0 Å². The van der Waals surface area contributed by atoms with Gasteiger partial charge in [0.2, 0.25) is 0 Å². The summed E-state index contributed by atoms with van der Waals surface area (Å²) in [5, 5.41) is 11.7. The van der Waals surface area contributed by atoms with Gasteiger partial charge in [-0.3, -0.25) is 4.90 Å². The highest BCUT2D eigenvalue weighted by Gasteiger charge is 2.29. The molecule has 1 aliphatic heterocycles. The highest BCUT2D eigenvalue weighted by atomic mass is 28.3. The molecule has 0 saturated carbocycles. The third-order valence-corrected chi connectivity index (χ3v) is 5.31. The number of aliphatic hydroxyl groups excluding tert-OH is 1. The summed E-state index contributed by atoms with van der Waals surface area (Å²) in [6.07, 6.45) is -0.309. The smallest absolute Gasteiger partial charge is 0.0918 e. The van der Waals surface area contributed by atoms with Crippen LogP contribution in [0.15, 0.2) is 18.2 Å². The molecule has 0 radical (unpaired) electrons. The molecule has 0 amide bonds. The van der Waals surface area contributed by atoms with Gasteiger partial charge in [0.15, 0.2) is 0 Å². The van der Waals surface area contributed by atoms with E-state index < -0.39 is 8.07 Å². The maximum Gasteiger partial charge on any atom is 0.0918 e. The zero-order valence-corrected chi connectivity index (χ0v) is 11.6. The highest BCUT2D eigenvalue weighted by Crippen LogP contribution is 2.25. The van der Waals surface area contributed by atoms with Gasteiger partial charge < -0.3 is 5.11 Å². The fraction of sp³-hybridized carbons (Fsp3) is 0.538. The third-order valence-electron chi connectivity index (χ3n) is 3.26. The molecule has 1 atom stereocenters. The Balaban J connectivity index is 2.55. The number of benzene rings is 1. The van der Waals surface area contributed by atoms with Crippen LogP contribution in [0.5, 0.6) is 0 Å². The lowest BCUT2D eigenvalue weighted by Gasteiger charge is -2.33. The van der Waals surface area contributed by atoms with Crippen LogP contribution in [0.4, 0.5) is 0 Å². The fourth-order valence-corrected chi connectivity index (χ4v) is 4.27. The first-order valence-electron chi connectivity index (χ1n) is 5.88. The van der Waals surface area contributed by atoms with Gasteiger partial charge in [-0.15, -0.1) is 0 Å². The summed E-state index contributed by atoms with van der Waals surface area (Å²) < 4.78 is 0. The number of β-amino-alcohol motifs (C(OH)–C–C–N with tert-alkyl or cyclic N) is 1. The minimum atomic E-state index is -1.35. The van der Waals surface area contributed by atoms with Gasteiger partial charge in [-0.05, 0) is 18.2 Å². The van der Waals surface area contributed by atoms with Gasteiger partial charge in [-0.1, -0.05) is 43.0 Å². The van der Waals surface area contributed by atoms with E-state index in [9.17, 15) is 5.11 Å². The third kappa shape index (κ3) is 2.07. The number of rotatable bonds is 1. The zero-order chi connectivity index (χ0) is 11.9. The zero-order valence-electron chi connectivity index (χ0n) is 10.6. The van der Waals surface area contributed by atoms with Crippen molar-refractivity contribution in [3.8, 4) is 0 Å². The molecule has 2 nitrogen and oxygen atoms in total. The van der Waals surface area contributed by atoms with E-state index in [-0.39, 0.29) is 6.10 Å². The Morgan fingerprint density at radius 3 is 2.62 bits per heavy atom. The number of hydrogen-bond acceptors (Lipinski definition) is 2. The number of aliphatic hydroxyl groups is 1. The fourth-order valence-electron chi connectivity index (χ4n) is 2.54. The summed E-state index contributed by atoms with van der Waals surface area (Å²) in [4.78, 5) is 2.18. The monoisotopic (exact) mass is 235 g/mol. The van der Waals surface area contributed by atoms with Gasteiger partial charge >= 0.3 is 0 Å². The topological polar surface area (TPSA) is 23.5 Å². The van der Waals surface area contributed by atoms with E-state index in [1.165, 1.54) is 16.3 Å². The molecule has 0 aromatic heterocycles. The van der Waals surface area contributed by atoms with Gasteiger partial charge in [0, 0.05) is 13.1 Å². The molecule has 1 aliphatic rings. The molecular formula is C13H21NOSi. The second kappa shape index (κ2) is 3.98. The van der Waals surface area contributed by atoms with Crippen LogP contribution in [0.25, 0.3) is 0 Å². The lowest BCUT2D eigenvalue weighted by Crippen LogP contribution is -2.44. The van der Waals surface area contributed by atoms with Crippen molar-refractivity contribution in [3.05, 3.63) is 29.3 Å². The van der Waals surface area contributed by atoms with E-state index in [0.717, 1.165) is 13.1 Å². The lowest BCUT2D eigenvalue weighted by atomic mass is 9.98. The Kier molecular flexibility index (Phi) is 2.95. The molecule has 0 aliphatic carbocycles. The minimum absolute atomic E-state index is 0.309. The van der Waals surface area contributed by atoms with Crippen molar-refractivity contribution in [1.29, 1.82) is 0 Å². The first-order chi connectivity index (χ1) is 7.39. The highest BCUT2D eigenvalue weighted by molar-refractivity contribution is 6.89. The van der Waals surface area contributed by atoms with Crippen LogP contribution >= 0.6 is 0 Å². The largest absolute Gasteiger partial charge is 0.387 e. The summed E-state index contributed by atoms with van der Waals surface area (Å²) in [6, 6.07) is 6.50. The average molecular weight is 235 g/mol. The van der Waals surface area contributed by atoms with E-state index in [0.29, 0.717) is 0 Å². The molecule has 1 aromatic carbocycles. The molecular weight excluding hydrogens is 214 g/mol. The molecule has 88 valence electrons. The molecule has 0 fully saturated rings. The van der Waals surface area contributed by atoms with Gasteiger partial charge in [0.25, 0.3) is 0 Å². The second-order valence-corrected chi connectivity index (χ2v) is 10.9. The quantitative estimate of drug-likeness (QED) is 0.749. The SMILES string of the molecule is CN1Cc2cccc([Si](C)(C)C)c2C(O)C1. The molecule has 1 heterocycles. The van der Waals surface area contributed by atoms with Crippen LogP contribution in [-0.2, 0) is 6.54 Å². The summed E-state index contributed by atoms with van der Waals surface area (Å²) in [5.41, 5.74) is 2.53. The summed E-state index contributed by atoms with van der Waals surface area (Å²) in [5.74, 6) is 0. The predicted octanol–water partition coefficient (Wildman–Crippen LogP) is 1.71. The average Bonchev–Trinajstić information content (AvgIpc) is 2.14. The van der Waals surface area contributed by atoms with Crippen molar-refractivity contribution in [2.45, 2.75) is 32.3 Å². The van der Waals surface area contributed by atoms with Crippen LogP contribution in [0.3, 0.4) is 0 Å². The number of nitrogens with zero attached hydrogens (tertiary/aromatic N) is 1. The molecule has 1 aromatic rings. The Hall–Kier alpha value is -0.643. The molecule has 0 bridgehead atoms. The molecule has 16 heavy (non-hydrogen) atoms. The van der Waals surface area contributed by atoms with E-state index in [1.54, 1.807) is 0 Å². The normalized spacial score (nSPS) is 21.9. The molecule has 0 saturated heterocycles. The first kappa shape index (κ1) is 11.8. The van der Waals surface area contributed by atoms with Gasteiger partial charge in [0.05, 0.1) is 14.2 Å². The molecule has 1 unspecified atom stereocenters. The van der Waals surface area contributed by atoms with Crippen molar-refractivity contribution >= 4 is 13.3 Å². The summed E-state index contributed by atoms with van der Waals surface area (Å²) in [7, 11) is 0.708. The number of hydrogen-bond donors (Lipinski definition) is 1. The van der Waals surface area contributed by atoms with Crippen LogP contribution in [0, 0.1) is 0 Å². The standard InChI is InChI=1S/C13H21NOSi/c1-14-8-10-6-5-7-12(16(2,3)4)13(10)11(15)9-14/h5-7,11,15H,8-9H2,1-4H3. The molecule has 2 rings (SSSR count). The van der Waals surface area contributed by atoms with E-state index in [4.69, 9.17) is 0 Å². The number of likely N-dealkylation sites (N-methyl/N-ethyl adjacent to an activating group) is 1. The Bertz CT molecular complexity index is 397. The molecule has 1 N–H and O–H groups in total. The van der Waals surface area contributed by atoms with Gasteiger partial charge in [-0.25, -0.2) is 0 Å². The Labute approximate surface area is 98.9 Å². The van der Waals surface area contributed by atoms with Crippen LogP contribution in [-0.4, -0.2) is 31.7 Å². The Morgan fingerprint density at radius 2 is 2.00 bits per heavy atom. The van der Waals surface area contributed by atoms with Crippen LogP contribution in [0.1, 0.15) is 17.2 Å². The summed E-state index contributed by atoms with van der Waals surface area (Å²) in [6.45, 7) is 8.74. The van der Waals surface area contributed by atoms with Crippen molar-refractivity contribution in [1.82, 2.24) is 4.90 Å². The van der Waals surface area contributed by atoms with Crippen LogP contribution < -0.4 is 5.19 Å². The van der Waals surface area contributed by atoms with Crippen molar-refractivity contribution in [2.75, 3.05) is 13.6 Å². The van der Waals surface area contributed by atoms with E-state index in [1.807, 2.05) is 0 Å². The Morgan fingerprint density at radius 1 is 1.31 bits per heavy atom. The molecule has 0 spiro atoms. The summed E-state index contributed by atoms with van der Waals surface area (Å²) >= 11 is 0. The maximum atomic E-state index is 10.3. The van der Waals surface area contributed by atoms with Gasteiger partial charge in [-0.2, -0.15) is 0 Å². The lowest BCUT2D eigenvalue weighted by molar-refractivity contribution is 0.109. The first-order valence-corrected chi connectivity index (χ1v) is 9.38. The van der Waals surface area contributed by atoms with Crippen LogP contribution in [0.2, 0.25) is 19.6 Å². The molecule has 3 heteroatoms. The van der Waals surface area contributed by atoms with E-state index in [2.05, 4.69) is 49.8 Å². The maximum absolute atomic E-state index is 10.3. The minimum Gasteiger partial charge on any atom is -0.387 e.